The van der Waals surface area contributed by atoms with Crippen LogP contribution in [0.4, 0.5) is 4.79 Å². The summed E-state index contributed by atoms with van der Waals surface area (Å²) in [4.78, 5) is 27.8. The van der Waals surface area contributed by atoms with Crippen molar-refractivity contribution in [3.63, 3.8) is 0 Å². The zero-order valence-electron chi connectivity index (χ0n) is 14.6. The number of allylic oxidation sites excluding steroid dienone is 1. The van der Waals surface area contributed by atoms with Crippen LogP contribution in [-0.4, -0.2) is 49.5 Å². The summed E-state index contributed by atoms with van der Waals surface area (Å²) in [7, 11) is -1.48. The number of esters is 1. The molecule has 2 rings (SSSR count). The second-order valence-corrected chi connectivity index (χ2v) is 8.87. The van der Waals surface area contributed by atoms with Crippen molar-refractivity contribution >= 4 is 39.7 Å². The molecule has 0 fully saturated rings. The number of hydrogen-bond donors (Lipinski definition) is 1. The highest BCUT2D eigenvalue weighted by Gasteiger charge is 2.54. The Kier molecular flexibility index (Phi) is 6.10. The molecular formula is C16H21NO6S2. The lowest BCUT2D eigenvalue weighted by Crippen LogP contribution is -2.37. The van der Waals surface area contributed by atoms with E-state index in [0.29, 0.717) is 6.42 Å². The van der Waals surface area contributed by atoms with Gasteiger partial charge in [-0.1, -0.05) is 22.9 Å². The lowest BCUT2D eigenvalue weighted by molar-refractivity contribution is -0.138. The summed E-state index contributed by atoms with van der Waals surface area (Å²) in [5.74, 6) is -0.858. The number of nitrogens with zero attached hydrogens (tertiary/aromatic N) is 1. The Morgan fingerprint density at radius 1 is 1.24 bits per heavy atom. The van der Waals surface area contributed by atoms with E-state index < -0.39 is 26.9 Å². The number of carbonyl (C=O) groups is 2. The fraction of sp³-hybridized carbons (Fsp3) is 0.562. The van der Waals surface area contributed by atoms with E-state index in [2.05, 4.69) is 4.99 Å². The first-order valence-corrected chi connectivity index (χ1v) is 9.99. The Morgan fingerprint density at radius 3 is 2.48 bits per heavy atom. The fourth-order valence-corrected chi connectivity index (χ4v) is 6.10. The number of thioether (sulfide) groups is 1. The zero-order chi connectivity index (χ0) is 18.8. The summed E-state index contributed by atoms with van der Waals surface area (Å²) in [6.07, 6.45) is -0.575. The van der Waals surface area contributed by atoms with Gasteiger partial charge in [0.05, 0.1) is 24.0 Å². The molecule has 2 heterocycles. The van der Waals surface area contributed by atoms with Gasteiger partial charge in [-0.15, -0.1) is 0 Å². The smallest absolute Gasteiger partial charge is 0.434 e. The number of aliphatic imine (C=N–C) groups is 1. The van der Waals surface area contributed by atoms with Crippen molar-refractivity contribution in [3.8, 4) is 0 Å². The number of ether oxygens (including phenoxy) is 2. The maximum Gasteiger partial charge on any atom is 0.434 e. The summed E-state index contributed by atoms with van der Waals surface area (Å²) in [6, 6.07) is 0. The third-order valence-electron chi connectivity index (χ3n) is 3.96. The Balaban J connectivity index is 2.54. The number of rotatable bonds is 3. The molecule has 138 valence electrons. The van der Waals surface area contributed by atoms with Gasteiger partial charge < -0.3 is 14.6 Å². The topological polar surface area (TPSA) is 102 Å². The average molecular weight is 387 g/mol. The van der Waals surface area contributed by atoms with Gasteiger partial charge in [0.1, 0.15) is 16.4 Å². The third-order valence-corrected chi connectivity index (χ3v) is 7.69. The SMILES string of the molecule is CCOC(=O)N=C1S[C@]2(CC(C)=C(C)C[S@@]2=O)C(O)=C1C(=O)OCC. The zero-order valence-corrected chi connectivity index (χ0v) is 16.2. The van der Waals surface area contributed by atoms with Crippen LogP contribution in [0.3, 0.4) is 0 Å². The third kappa shape index (κ3) is 3.67. The van der Waals surface area contributed by atoms with E-state index in [9.17, 15) is 18.9 Å². The van der Waals surface area contributed by atoms with Crippen molar-refractivity contribution in [2.45, 2.75) is 38.2 Å². The molecule has 0 saturated heterocycles. The molecule has 0 bridgehead atoms. The van der Waals surface area contributed by atoms with Gasteiger partial charge in [0, 0.05) is 12.2 Å². The second-order valence-electron chi connectivity index (χ2n) is 5.64. The highest BCUT2D eigenvalue weighted by molar-refractivity contribution is 8.24. The first kappa shape index (κ1) is 19.7. The van der Waals surface area contributed by atoms with Crippen molar-refractivity contribution in [1.29, 1.82) is 0 Å². The van der Waals surface area contributed by atoms with Crippen LogP contribution in [0.2, 0.25) is 0 Å². The van der Waals surface area contributed by atoms with Crippen molar-refractivity contribution in [3.05, 3.63) is 22.5 Å². The standard InChI is InChI=1S/C16H21NO6S2/c1-5-22-14(19)11-12(18)16(7-9(3)10(4)8-25(16)21)24-13(11)17-15(20)23-6-2/h18H,5-8H2,1-4H3/t16-,25-/m0/s1. The van der Waals surface area contributed by atoms with Crippen LogP contribution in [0.5, 0.6) is 0 Å². The van der Waals surface area contributed by atoms with Gasteiger partial charge in [-0.05, 0) is 27.7 Å². The molecule has 0 aromatic heterocycles. The molecule has 2 aliphatic rings. The molecule has 0 aromatic rings. The van der Waals surface area contributed by atoms with Gasteiger partial charge >= 0.3 is 12.1 Å². The molecule has 1 spiro atoms. The van der Waals surface area contributed by atoms with Crippen molar-refractivity contribution in [2.24, 2.45) is 4.99 Å². The van der Waals surface area contributed by atoms with Gasteiger partial charge in [-0.25, -0.2) is 9.59 Å². The van der Waals surface area contributed by atoms with Crippen molar-refractivity contribution in [1.82, 2.24) is 0 Å². The van der Waals surface area contributed by atoms with Gasteiger partial charge in [-0.2, -0.15) is 4.99 Å². The van der Waals surface area contributed by atoms with Crippen molar-refractivity contribution < 1.29 is 28.4 Å². The molecule has 25 heavy (non-hydrogen) atoms. The second kappa shape index (κ2) is 7.74. The maximum atomic E-state index is 12.8. The average Bonchev–Trinajstić information content (AvgIpc) is 2.79. The molecular weight excluding hydrogens is 366 g/mol. The summed E-state index contributed by atoms with van der Waals surface area (Å²) in [6.45, 7) is 7.27. The number of carbonyl (C=O) groups excluding carboxylic acids is 2. The molecule has 0 radical (unpaired) electrons. The quantitative estimate of drug-likeness (QED) is 0.587. The maximum absolute atomic E-state index is 12.8. The van der Waals surface area contributed by atoms with E-state index in [4.69, 9.17) is 9.47 Å². The highest BCUT2D eigenvalue weighted by atomic mass is 32.2. The molecule has 1 N–H and O–H groups in total. The number of amides is 1. The lowest BCUT2D eigenvalue weighted by atomic mass is 10.0. The monoisotopic (exact) mass is 387 g/mol. The summed E-state index contributed by atoms with van der Waals surface area (Å²) in [5, 5.41) is 10.7. The molecule has 0 aliphatic carbocycles. The Labute approximate surface area is 153 Å². The predicted octanol–water partition coefficient (Wildman–Crippen LogP) is 2.85. The van der Waals surface area contributed by atoms with Crippen LogP contribution in [0.25, 0.3) is 0 Å². The fourth-order valence-electron chi connectivity index (χ4n) is 2.54. The number of aliphatic hydroxyl groups excluding tert-OH is 1. The van der Waals surface area contributed by atoms with Gasteiger partial charge in [0.25, 0.3) is 0 Å². The van der Waals surface area contributed by atoms with E-state index in [0.717, 1.165) is 22.9 Å². The van der Waals surface area contributed by atoms with Crippen molar-refractivity contribution in [2.75, 3.05) is 19.0 Å². The van der Waals surface area contributed by atoms with E-state index >= 15 is 0 Å². The molecule has 0 unspecified atom stereocenters. The normalized spacial score (nSPS) is 28.0. The largest absolute Gasteiger partial charge is 0.509 e. The first-order chi connectivity index (χ1) is 11.8. The van der Waals surface area contributed by atoms with Crippen LogP contribution < -0.4 is 0 Å². The minimum Gasteiger partial charge on any atom is -0.509 e. The van der Waals surface area contributed by atoms with E-state index in [1.807, 2.05) is 13.8 Å². The van der Waals surface area contributed by atoms with E-state index in [-0.39, 0.29) is 35.3 Å². The predicted molar refractivity (Wildman–Crippen MR) is 97.1 cm³/mol. The first-order valence-electron chi connectivity index (χ1n) is 7.86. The Bertz CT molecular complexity index is 724. The minimum atomic E-state index is -1.48. The minimum absolute atomic E-state index is 0.0184. The lowest BCUT2D eigenvalue weighted by Gasteiger charge is -2.32. The van der Waals surface area contributed by atoms with Gasteiger partial charge in [-0.3, -0.25) is 4.21 Å². The Hall–Kier alpha value is -1.61. The molecule has 2 atom stereocenters. The summed E-state index contributed by atoms with van der Waals surface area (Å²) < 4.78 is 21.3. The molecule has 0 aromatic carbocycles. The van der Waals surface area contributed by atoms with Gasteiger partial charge in [0.15, 0.2) is 4.08 Å². The Morgan fingerprint density at radius 2 is 1.88 bits per heavy atom. The molecule has 9 heteroatoms. The summed E-state index contributed by atoms with van der Waals surface area (Å²) in [5.41, 5.74) is 1.77. The van der Waals surface area contributed by atoms with Crippen LogP contribution in [0.15, 0.2) is 27.5 Å². The highest BCUT2D eigenvalue weighted by Crippen LogP contribution is 2.52. The molecule has 0 saturated carbocycles. The molecule has 7 nitrogen and oxygen atoms in total. The number of aliphatic hydroxyl groups is 1. The molecule has 1 amide bonds. The summed E-state index contributed by atoms with van der Waals surface area (Å²) >= 11 is 0.962. The van der Waals surface area contributed by atoms with E-state index in [1.165, 1.54) is 0 Å². The van der Waals surface area contributed by atoms with Crippen LogP contribution in [0.1, 0.15) is 34.1 Å². The van der Waals surface area contributed by atoms with Crippen LogP contribution in [0, 0.1) is 0 Å². The van der Waals surface area contributed by atoms with Gasteiger partial charge in [0.2, 0.25) is 0 Å². The molecule has 2 aliphatic heterocycles. The van der Waals surface area contributed by atoms with Crippen LogP contribution >= 0.6 is 11.8 Å². The van der Waals surface area contributed by atoms with Crippen LogP contribution in [-0.2, 0) is 25.1 Å². The van der Waals surface area contributed by atoms with E-state index in [1.54, 1.807) is 13.8 Å². The number of hydrogen-bond acceptors (Lipinski definition) is 7.